The number of hydrogen-bond donors (Lipinski definition) is 2. The second kappa shape index (κ2) is 11.0. The summed E-state index contributed by atoms with van der Waals surface area (Å²) in [5, 5.41) is 13.6. The summed E-state index contributed by atoms with van der Waals surface area (Å²) in [6.07, 6.45) is 2.43. The van der Waals surface area contributed by atoms with Crippen LogP contribution in [0.2, 0.25) is 0 Å². The van der Waals surface area contributed by atoms with E-state index in [-0.39, 0.29) is 17.9 Å². The van der Waals surface area contributed by atoms with Crippen molar-refractivity contribution in [2.24, 2.45) is 5.92 Å². The van der Waals surface area contributed by atoms with Crippen molar-refractivity contribution >= 4 is 5.91 Å². The number of fused-ring (bicyclic) bond motifs is 1. The van der Waals surface area contributed by atoms with Crippen molar-refractivity contribution in [1.82, 2.24) is 10.2 Å². The van der Waals surface area contributed by atoms with Crippen LogP contribution >= 0.6 is 0 Å². The molecule has 2 heterocycles. The van der Waals surface area contributed by atoms with Gasteiger partial charge in [-0.25, -0.2) is 0 Å². The average molecular weight is 421 g/mol. The highest BCUT2D eigenvalue weighted by Crippen LogP contribution is 2.34. The Morgan fingerprint density at radius 1 is 1.33 bits per heavy atom. The van der Waals surface area contributed by atoms with Gasteiger partial charge in [0.05, 0.1) is 31.0 Å². The maximum atomic E-state index is 12.9. The predicted octanol–water partition coefficient (Wildman–Crippen LogP) is 2.38. The zero-order valence-electron chi connectivity index (χ0n) is 18.5. The van der Waals surface area contributed by atoms with Gasteiger partial charge in [-0.15, -0.1) is 0 Å². The van der Waals surface area contributed by atoms with E-state index in [9.17, 15) is 9.90 Å². The first kappa shape index (κ1) is 22.8. The fraction of sp³-hybridized carbons (Fsp3) is 0.696. The largest absolute Gasteiger partial charge is 0.490 e. The van der Waals surface area contributed by atoms with Crippen LogP contribution in [0.25, 0.3) is 0 Å². The molecule has 2 N–H and O–H groups in total. The predicted molar refractivity (Wildman–Crippen MR) is 115 cm³/mol. The Hall–Kier alpha value is -1.83. The van der Waals surface area contributed by atoms with E-state index in [0.717, 1.165) is 44.5 Å². The number of piperidine rings is 1. The number of carbonyl (C=O) groups is 1. The number of likely N-dealkylation sites (tertiary alicyclic amines) is 1. The van der Waals surface area contributed by atoms with Crippen molar-refractivity contribution in [2.75, 3.05) is 46.0 Å². The zero-order valence-corrected chi connectivity index (χ0v) is 18.5. The highest BCUT2D eigenvalue weighted by Gasteiger charge is 2.28. The molecule has 2 aliphatic rings. The van der Waals surface area contributed by atoms with Crippen molar-refractivity contribution in [3.63, 3.8) is 0 Å². The number of hydrogen-bond acceptors (Lipinski definition) is 6. The number of aliphatic hydroxyl groups excluding tert-OH is 1. The number of nitrogens with zero attached hydrogens (tertiary/aromatic N) is 1. The Labute approximate surface area is 179 Å². The SMILES string of the molecule is Cc1cc2c(c(C(=O)NC[C@@H]3CCN(CCCOC(C)C)C[C@H]3O)c1)OCCCO2. The van der Waals surface area contributed by atoms with E-state index in [2.05, 4.69) is 10.2 Å². The first-order valence-corrected chi connectivity index (χ1v) is 11.1. The molecule has 3 rings (SSSR count). The van der Waals surface area contributed by atoms with Gasteiger partial charge >= 0.3 is 0 Å². The number of rotatable bonds is 8. The summed E-state index contributed by atoms with van der Waals surface area (Å²) in [6, 6.07) is 3.74. The number of carbonyl (C=O) groups excluding carboxylic acids is 1. The van der Waals surface area contributed by atoms with Crippen LogP contribution in [0, 0.1) is 12.8 Å². The monoisotopic (exact) mass is 420 g/mol. The Morgan fingerprint density at radius 3 is 2.90 bits per heavy atom. The van der Waals surface area contributed by atoms with E-state index in [1.54, 1.807) is 0 Å². The minimum atomic E-state index is -0.445. The molecular weight excluding hydrogens is 384 g/mol. The van der Waals surface area contributed by atoms with Crippen LogP contribution in [-0.4, -0.2) is 74.1 Å². The second-order valence-corrected chi connectivity index (χ2v) is 8.59. The van der Waals surface area contributed by atoms with Crippen LogP contribution in [0.5, 0.6) is 11.5 Å². The molecule has 0 aromatic heterocycles. The molecule has 7 nitrogen and oxygen atoms in total. The maximum Gasteiger partial charge on any atom is 0.255 e. The molecule has 1 fully saturated rings. The molecular formula is C23H36N2O5. The van der Waals surface area contributed by atoms with E-state index in [1.165, 1.54) is 0 Å². The van der Waals surface area contributed by atoms with Gasteiger partial charge in [0.25, 0.3) is 5.91 Å². The summed E-state index contributed by atoms with van der Waals surface area (Å²) in [4.78, 5) is 15.1. The van der Waals surface area contributed by atoms with Crippen molar-refractivity contribution in [1.29, 1.82) is 0 Å². The fourth-order valence-corrected chi connectivity index (χ4v) is 3.99. The fourth-order valence-electron chi connectivity index (χ4n) is 3.99. The molecule has 2 aliphatic heterocycles. The normalized spacial score (nSPS) is 22.0. The first-order valence-electron chi connectivity index (χ1n) is 11.1. The van der Waals surface area contributed by atoms with Gasteiger partial charge in [0, 0.05) is 38.6 Å². The molecule has 1 aromatic carbocycles. The lowest BCUT2D eigenvalue weighted by molar-refractivity contribution is 0.0145. The Bertz CT molecular complexity index is 709. The summed E-state index contributed by atoms with van der Waals surface area (Å²) in [5.74, 6) is 1.03. The van der Waals surface area contributed by atoms with Crippen LogP contribution in [-0.2, 0) is 4.74 Å². The molecule has 1 amide bonds. The maximum absolute atomic E-state index is 12.9. The molecule has 0 aliphatic carbocycles. The lowest BCUT2D eigenvalue weighted by atomic mass is 9.93. The molecule has 30 heavy (non-hydrogen) atoms. The van der Waals surface area contributed by atoms with Crippen LogP contribution in [0.4, 0.5) is 0 Å². The third kappa shape index (κ3) is 6.33. The molecule has 0 radical (unpaired) electrons. The molecule has 0 spiro atoms. The molecule has 7 heteroatoms. The Morgan fingerprint density at radius 2 is 2.13 bits per heavy atom. The number of aliphatic hydroxyl groups is 1. The number of ether oxygens (including phenoxy) is 3. The third-order valence-corrected chi connectivity index (χ3v) is 5.64. The van der Waals surface area contributed by atoms with Crippen LogP contribution in [0.3, 0.4) is 0 Å². The van der Waals surface area contributed by atoms with Gasteiger partial charge in [-0.05, 0) is 57.9 Å². The molecule has 168 valence electrons. The van der Waals surface area contributed by atoms with Crippen molar-refractivity contribution in [3.05, 3.63) is 23.3 Å². The van der Waals surface area contributed by atoms with Crippen molar-refractivity contribution < 1.29 is 24.1 Å². The summed E-state index contributed by atoms with van der Waals surface area (Å²) in [6.45, 7) is 10.8. The van der Waals surface area contributed by atoms with E-state index in [4.69, 9.17) is 14.2 Å². The topological polar surface area (TPSA) is 80.3 Å². The number of amides is 1. The van der Waals surface area contributed by atoms with Crippen LogP contribution in [0.1, 0.15) is 49.0 Å². The minimum absolute atomic E-state index is 0.0534. The van der Waals surface area contributed by atoms with Gasteiger partial charge < -0.3 is 29.5 Å². The summed E-state index contributed by atoms with van der Waals surface area (Å²) < 4.78 is 17.1. The van der Waals surface area contributed by atoms with E-state index < -0.39 is 6.10 Å². The van der Waals surface area contributed by atoms with Gasteiger partial charge in [-0.3, -0.25) is 4.79 Å². The van der Waals surface area contributed by atoms with Crippen molar-refractivity contribution in [3.8, 4) is 11.5 Å². The second-order valence-electron chi connectivity index (χ2n) is 8.59. The van der Waals surface area contributed by atoms with Crippen molar-refractivity contribution in [2.45, 2.75) is 52.2 Å². The summed E-state index contributed by atoms with van der Waals surface area (Å²) in [5.41, 5.74) is 1.46. The minimum Gasteiger partial charge on any atom is -0.490 e. The molecule has 0 unspecified atom stereocenters. The lowest BCUT2D eigenvalue weighted by Crippen LogP contribution is -2.48. The van der Waals surface area contributed by atoms with Gasteiger partial charge in [0.15, 0.2) is 11.5 Å². The van der Waals surface area contributed by atoms with Gasteiger partial charge in [0.2, 0.25) is 0 Å². The smallest absolute Gasteiger partial charge is 0.255 e. The average Bonchev–Trinajstić information content (AvgIpc) is 2.95. The van der Waals surface area contributed by atoms with Gasteiger partial charge in [0.1, 0.15) is 0 Å². The number of β-amino-alcohol motifs (C(OH)–C–C–N with tert-alkyl or cyclic N) is 1. The highest BCUT2D eigenvalue weighted by atomic mass is 16.5. The van der Waals surface area contributed by atoms with Crippen LogP contribution in [0.15, 0.2) is 12.1 Å². The Balaban J connectivity index is 1.49. The zero-order chi connectivity index (χ0) is 21.5. The standard InChI is InChI=1S/C23H36N2O5/c1-16(2)28-9-4-7-25-8-6-18(20(26)15-25)14-24-23(27)19-12-17(3)13-21-22(19)30-11-5-10-29-21/h12-13,16,18,20,26H,4-11,14-15H2,1-3H3,(H,24,27)/t18-,20+/m0/s1. The summed E-state index contributed by atoms with van der Waals surface area (Å²) >= 11 is 0. The quantitative estimate of drug-likeness (QED) is 0.629. The highest BCUT2D eigenvalue weighted by molar-refractivity contribution is 5.98. The van der Waals surface area contributed by atoms with Gasteiger partial charge in [-0.1, -0.05) is 0 Å². The molecule has 0 bridgehead atoms. The molecule has 2 atom stereocenters. The first-order chi connectivity index (χ1) is 14.4. The van der Waals surface area contributed by atoms with E-state index in [1.807, 2.05) is 32.9 Å². The summed E-state index contributed by atoms with van der Waals surface area (Å²) in [7, 11) is 0. The third-order valence-electron chi connectivity index (χ3n) is 5.64. The van der Waals surface area contributed by atoms with Crippen LogP contribution < -0.4 is 14.8 Å². The molecule has 1 aromatic rings. The number of benzene rings is 1. The van der Waals surface area contributed by atoms with Gasteiger partial charge in [-0.2, -0.15) is 0 Å². The van der Waals surface area contributed by atoms with E-state index >= 15 is 0 Å². The lowest BCUT2D eigenvalue weighted by Gasteiger charge is -2.36. The number of nitrogens with one attached hydrogen (secondary N) is 1. The van der Waals surface area contributed by atoms with E-state index in [0.29, 0.717) is 43.4 Å². The number of aryl methyl sites for hydroxylation is 1. The Kier molecular flexibility index (Phi) is 8.36. The molecule has 0 saturated carbocycles. The molecule has 1 saturated heterocycles.